The van der Waals surface area contributed by atoms with E-state index in [0.29, 0.717) is 13.2 Å². The smallest absolute Gasteiger partial charge is 0.0863 e. The van der Waals surface area contributed by atoms with Gasteiger partial charge < -0.3 is 9.84 Å². The molecule has 0 saturated carbocycles. The first-order chi connectivity index (χ1) is 8.68. The molecular formula is C15H24O2S. The fourth-order valence-electron chi connectivity index (χ4n) is 1.47. The van der Waals surface area contributed by atoms with Crippen LogP contribution in [0, 0.1) is 5.92 Å². The molecule has 1 N–H and O–H groups in total. The molecule has 18 heavy (non-hydrogen) atoms. The van der Waals surface area contributed by atoms with Crippen LogP contribution >= 0.6 is 11.8 Å². The highest BCUT2D eigenvalue weighted by molar-refractivity contribution is 7.99. The van der Waals surface area contributed by atoms with Gasteiger partial charge in [0.25, 0.3) is 0 Å². The van der Waals surface area contributed by atoms with E-state index in [9.17, 15) is 5.11 Å². The van der Waals surface area contributed by atoms with E-state index in [1.165, 1.54) is 6.42 Å². The van der Waals surface area contributed by atoms with Crippen LogP contribution in [0.3, 0.4) is 0 Å². The molecule has 1 aromatic carbocycles. The molecule has 0 spiro atoms. The van der Waals surface area contributed by atoms with E-state index in [1.54, 1.807) is 11.8 Å². The predicted molar refractivity (Wildman–Crippen MR) is 78.9 cm³/mol. The molecule has 0 aromatic heterocycles. The number of hydrogen-bond donors (Lipinski definition) is 1. The summed E-state index contributed by atoms with van der Waals surface area (Å²) >= 11 is 1.81. The van der Waals surface area contributed by atoms with E-state index in [0.717, 1.165) is 23.0 Å². The number of rotatable bonds is 9. The van der Waals surface area contributed by atoms with E-state index in [2.05, 4.69) is 13.8 Å². The highest BCUT2D eigenvalue weighted by Gasteiger charge is 2.05. The van der Waals surface area contributed by atoms with Gasteiger partial charge in [-0.15, -0.1) is 0 Å². The Labute approximate surface area is 115 Å². The van der Waals surface area contributed by atoms with Crippen molar-refractivity contribution in [2.24, 2.45) is 5.92 Å². The lowest BCUT2D eigenvalue weighted by Gasteiger charge is -2.11. The highest BCUT2D eigenvalue weighted by atomic mass is 32.2. The van der Waals surface area contributed by atoms with Gasteiger partial charge in [-0.2, -0.15) is 11.8 Å². The number of aliphatic hydroxyl groups excluding tert-OH is 1. The number of aliphatic hydroxyl groups is 1. The number of benzene rings is 1. The van der Waals surface area contributed by atoms with Gasteiger partial charge in [-0.1, -0.05) is 44.2 Å². The number of thioether (sulfide) groups is 1. The normalized spacial score (nSPS) is 12.9. The molecule has 3 heteroatoms. The number of ether oxygens (including phenoxy) is 1. The van der Waals surface area contributed by atoms with Crippen LogP contribution in [-0.4, -0.2) is 29.3 Å². The lowest BCUT2D eigenvalue weighted by atomic mass is 10.2. The molecule has 102 valence electrons. The molecule has 0 saturated heterocycles. The zero-order chi connectivity index (χ0) is 13.2. The van der Waals surface area contributed by atoms with Crippen LogP contribution in [0.1, 0.15) is 25.8 Å². The second-order valence-corrected chi connectivity index (χ2v) is 6.06. The third-order valence-electron chi connectivity index (χ3n) is 2.57. The van der Waals surface area contributed by atoms with Crippen molar-refractivity contribution in [1.29, 1.82) is 0 Å². The summed E-state index contributed by atoms with van der Waals surface area (Å²) in [4.78, 5) is 0. The second kappa shape index (κ2) is 9.42. The number of hydrogen-bond acceptors (Lipinski definition) is 3. The van der Waals surface area contributed by atoms with E-state index >= 15 is 0 Å². The Morgan fingerprint density at radius 2 is 1.94 bits per heavy atom. The molecule has 1 unspecified atom stereocenters. The molecule has 0 aliphatic rings. The Bertz CT molecular complexity index is 301. The van der Waals surface area contributed by atoms with E-state index in [4.69, 9.17) is 4.74 Å². The predicted octanol–water partition coefficient (Wildman–Crippen LogP) is 3.34. The first-order valence-electron chi connectivity index (χ1n) is 6.56. The van der Waals surface area contributed by atoms with Crippen LogP contribution in [0.2, 0.25) is 0 Å². The maximum atomic E-state index is 9.75. The van der Waals surface area contributed by atoms with Crippen molar-refractivity contribution < 1.29 is 9.84 Å². The third-order valence-corrected chi connectivity index (χ3v) is 3.72. The van der Waals surface area contributed by atoms with Gasteiger partial charge in [-0.05, 0) is 23.7 Å². The van der Waals surface area contributed by atoms with Gasteiger partial charge in [0.15, 0.2) is 0 Å². The Morgan fingerprint density at radius 1 is 1.22 bits per heavy atom. The first kappa shape index (κ1) is 15.5. The summed E-state index contributed by atoms with van der Waals surface area (Å²) in [5.41, 5.74) is 1.15. The molecule has 0 amide bonds. The summed E-state index contributed by atoms with van der Waals surface area (Å²) in [6, 6.07) is 10.0. The first-order valence-corrected chi connectivity index (χ1v) is 7.71. The topological polar surface area (TPSA) is 29.5 Å². The lowest BCUT2D eigenvalue weighted by Crippen LogP contribution is -2.18. The Morgan fingerprint density at radius 3 is 2.61 bits per heavy atom. The summed E-state index contributed by atoms with van der Waals surface area (Å²) in [7, 11) is 0. The standard InChI is InChI=1S/C15H24O2S/c1-13(2)8-9-18-12-15(16)11-17-10-14-6-4-3-5-7-14/h3-7,13,15-16H,8-12H2,1-2H3. The van der Waals surface area contributed by atoms with Crippen LogP contribution in [0.5, 0.6) is 0 Å². The van der Waals surface area contributed by atoms with E-state index in [1.807, 2.05) is 30.3 Å². The van der Waals surface area contributed by atoms with Gasteiger partial charge in [-0.25, -0.2) is 0 Å². The molecule has 0 fully saturated rings. The van der Waals surface area contributed by atoms with Crippen LogP contribution in [0.4, 0.5) is 0 Å². The minimum Gasteiger partial charge on any atom is -0.390 e. The van der Waals surface area contributed by atoms with Gasteiger partial charge in [0, 0.05) is 5.75 Å². The van der Waals surface area contributed by atoms with Gasteiger partial charge in [0.1, 0.15) is 0 Å². The van der Waals surface area contributed by atoms with Gasteiger partial charge in [-0.3, -0.25) is 0 Å². The molecule has 1 atom stereocenters. The van der Waals surface area contributed by atoms with E-state index < -0.39 is 0 Å². The van der Waals surface area contributed by atoms with Crippen LogP contribution < -0.4 is 0 Å². The largest absolute Gasteiger partial charge is 0.390 e. The maximum Gasteiger partial charge on any atom is 0.0863 e. The minimum atomic E-state index is -0.356. The van der Waals surface area contributed by atoms with Crippen LogP contribution in [0.15, 0.2) is 30.3 Å². The van der Waals surface area contributed by atoms with Gasteiger partial charge >= 0.3 is 0 Å². The maximum absolute atomic E-state index is 9.75. The quantitative estimate of drug-likeness (QED) is 0.697. The van der Waals surface area contributed by atoms with Crippen molar-refractivity contribution in [1.82, 2.24) is 0 Å². The fourth-order valence-corrected chi connectivity index (χ4v) is 2.65. The lowest BCUT2D eigenvalue weighted by molar-refractivity contribution is 0.0398. The summed E-state index contributed by atoms with van der Waals surface area (Å²) in [5, 5.41) is 9.75. The second-order valence-electron chi connectivity index (χ2n) is 4.91. The average Bonchev–Trinajstić information content (AvgIpc) is 2.36. The highest BCUT2D eigenvalue weighted by Crippen LogP contribution is 2.10. The van der Waals surface area contributed by atoms with Crippen molar-refractivity contribution in [3.63, 3.8) is 0 Å². The van der Waals surface area contributed by atoms with Crippen LogP contribution in [0.25, 0.3) is 0 Å². The van der Waals surface area contributed by atoms with Crippen molar-refractivity contribution in [3.8, 4) is 0 Å². The zero-order valence-electron chi connectivity index (χ0n) is 11.3. The molecule has 0 radical (unpaired) electrons. The van der Waals surface area contributed by atoms with Crippen molar-refractivity contribution >= 4 is 11.8 Å². The SMILES string of the molecule is CC(C)CCSCC(O)COCc1ccccc1. The summed E-state index contributed by atoms with van der Waals surface area (Å²) in [5.74, 6) is 2.62. The fraction of sp³-hybridized carbons (Fsp3) is 0.600. The molecule has 2 nitrogen and oxygen atoms in total. The van der Waals surface area contributed by atoms with Crippen molar-refractivity contribution in [2.45, 2.75) is 33.0 Å². The van der Waals surface area contributed by atoms with Crippen molar-refractivity contribution in [3.05, 3.63) is 35.9 Å². The molecule has 0 heterocycles. The third kappa shape index (κ3) is 7.75. The average molecular weight is 268 g/mol. The van der Waals surface area contributed by atoms with Crippen LogP contribution in [-0.2, 0) is 11.3 Å². The minimum absolute atomic E-state index is 0.356. The summed E-state index contributed by atoms with van der Waals surface area (Å²) in [6.07, 6.45) is 0.855. The Kier molecular flexibility index (Phi) is 8.14. The van der Waals surface area contributed by atoms with E-state index in [-0.39, 0.29) is 6.10 Å². The van der Waals surface area contributed by atoms with Gasteiger partial charge in [0.05, 0.1) is 19.3 Å². The molecular weight excluding hydrogens is 244 g/mol. The molecule has 1 rings (SSSR count). The summed E-state index contributed by atoms with van der Waals surface area (Å²) in [6.45, 7) is 5.44. The van der Waals surface area contributed by atoms with Gasteiger partial charge in [0.2, 0.25) is 0 Å². The summed E-state index contributed by atoms with van der Waals surface area (Å²) < 4.78 is 5.50. The molecule has 0 bridgehead atoms. The molecule has 0 aliphatic heterocycles. The molecule has 0 aliphatic carbocycles. The Balaban J connectivity index is 2.01. The molecule has 1 aromatic rings. The Hall–Kier alpha value is -0.510. The zero-order valence-corrected chi connectivity index (χ0v) is 12.2. The monoisotopic (exact) mass is 268 g/mol. The van der Waals surface area contributed by atoms with Crippen molar-refractivity contribution in [2.75, 3.05) is 18.1 Å².